The van der Waals surface area contributed by atoms with Gasteiger partial charge in [-0.1, -0.05) is 152 Å². The topological polar surface area (TPSA) is 43.9 Å². The van der Waals surface area contributed by atoms with Crippen LogP contribution in [0.3, 0.4) is 0 Å². The zero-order valence-electron chi connectivity index (χ0n) is 29.0. The zero-order valence-corrected chi connectivity index (χ0v) is 29.0. The lowest BCUT2D eigenvalue weighted by Crippen LogP contribution is -2.03. The summed E-state index contributed by atoms with van der Waals surface area (Å²) < 4.78 is 9.35. The molecule has 0 saturated heterocycles. The van der Waals surface area contributed by atoms with Crippen molar-refractivity contribution >= 4 is 86.8 Å². The van der Waals surface area contributed by atoms with Crippen LogP contribution in [-0.2, 0) is 0 Å². The van der Waals surface area contributed by atoms with Gasteiger partial charge in [-0.2, -0.15) is 0 Å². The van der Waals surface area contributed by atoms with Crippen molar-refractivity contribution in [3.63, 3.8) is 0 Å². The zero-order chi connectivity index (χ0) is 35.3. The smallest absolute Gasteiger partial charge is 0.235 e. The average molecular weight is 688 g/mol. The van der Waals surface area contributed by atoms with E-state index in [1.54, 1.807) is 0 Å². The van der Waals surface area contributed by atoms with Crippen molar-refractivity contribution in [3.05, 3.63) is 176 Å². The van der Waals surface area contributed by atoms with E-state index in [4.69, 9.17) is 14.4 Å². The molecule has 3 aromatic heterocycles. The number of aromatic nitrogens is 3. The van der Waals surface area contributed by atoms with Gasteiger partial charge in [0, 0.05) is 43.4 Å². The minimum atomic E-state index is 0.626. The molecule has 0 aliphatic carbocycles. The summed E-state index contributed by atoms with van der Waals surface area (Å²) in [7, 11) is 0. The Kier molecular flexibility index (Phi) is 6.02. The molecule has 12 rings (SSSR count). The molecule has 4 heteroatoms. The minimum absolute atomic E-state index is 0.626. The molecule has 250 valence electrons. The first-order valence-electron chi connectivity index (χ1n) is 18.3. The quantitative estimate of drug-likeness (QED) is 0.174. The Hall–Kier alpha value is -7.30. The van der Waals surface area contributed by atoms with Gasteiger partial charge in [-0.3, -0.25) is 4.57 Å². The molecule has 54 heavy (non-hydrogen) atoms. The van der Waals surface area contributed by atoms with Crippen LogP contribution in [-0.4, -0.2) is 14.5 Å². The van der Waals surface area contributed by atoms with Crippen LogP contribution in [0.25, 0.3) is 115 Å². The van der Waals surface area contributed by atoms with E-state index < -0.39 is 0 Å². The number of hydrogen-bond acceptors (Lipinski definition) is 3. The Bertz CT molecular complexity index is 3430. The maximum absolute atomic E-state index is 7.12. The highest BCUT2D eigenvalue weighted by Crippen LogP contribution is 2.48. The van der Waals surface area contributed by atoms with Gasteiger partial charge in [0.1, 0.15) is 11.2 Å². The Morgan fingerprint density at radius 3 is 1.44 bits per heavy atom. The predicted molar refractivity (Wildman–Crippen MR) is 225 cm³/mol. The molecule has 0 atom stereocenters. The van der Waals surface area contributed by atoms with Crippen LogP contribution in [0, 0.1) is 0 Å². The largest absolute Gasteiger partial charge is 0.455 e. The van der Waals surface area contributed by atoms with Gasteiger partial charge in [0.05, 0.1) is 22.4 Å². The van der Waals surface area contributed by atoms with E-state index in [0.717, 1.165) is 71.6 Å². The summed E-state index contributed by atoms with van der Waals surface area (Å²) in [5.41, 5.74) is 7.68. The lowest BCUT2D eigenvalue weighted by atomic mass is 9.89. The van der Waals surface area contributed by atoms with Gasteiger partial charge < -0.3 is 4.42 Å². The van der Waals surface area contributed by atoms with E-state index in [1.165, 1.54) is 37.7 Å². The van der Waals surface area contributed by atoms with E-state index in [-0.39, 0.29) is 0 Å². The van der Waals surface area contributed by atoms with E-state index >= 15 is 0 Å². The SMILES string of the molecule is c1ccc(-c2cc(-c3ccccc3)nc(-n3c4ccccc4c4cc5oc6c(c5cc43)c3ccccc3c3c4ccccc4c4ccccc4c63)n2)cc1. The highest BCUT2D eigenvalue weighted by Gasteiger charge is 2.23. The molecule has 0 saturated carbocycles. The minimum Gasteiger partial charge on any atom is -0.455 e. The fourth-order valence-corrected chi connectivity index (χ4v) is 8.84. The lowest BCUT2D eigenvalue weighted by molar-refractivity contribution is 0.673. The summed E-state index contributed by atoms with van der Waals surface area (Å²) in [4.78, 5) is 10.6. The molecule has 0 aliphatic rings. The normalized spacial score (nSPS) is 12.1. The average Bonchev–Trinajstić information content (AvgIpc) is 3.78. The maximum Gasteiger partial charge on any atom is 0.235 e. The van der Waals surface area contributed by atoms with Crippen LogP contribution in [0.2, 0.25) is 0 Å². The van der Waals surface area contributed by atoms with Crippen molar-refractivity contribution in [3.8, 4) is 28.5 Å². The number of fused-ring (bicyclic) bond motifs is 16. The molecule has 0 aliphatic heterocycles. The van der Waals surface area contributed by atoms with Gasteiger partial charge in [-0.15, -0.1) is 0 Å². The van der Waals surface area contributed by atoms with Gasteiger partial charge in [0.2, 0.25) is 5.95 Å². The molecule has 0 unspecified atom stereocenters. The highest BCUT2D eigenvalue weighted by molar-refractivity contribution is 6.41. The van der Waals surface area contributed by atoms with Crippen molar-refractivity contribution < 1.29 is 4.42 Å². The molecule has 0 bridgehead atoms. The number of furan rings is 1. The van der Waals surface area contributed by atoms with Crippen LogP contribution in [0.1, 0.15) is 0 Å². The third kappa shape index (κ3) is 4.08. The molecule has 0 amide bonds. The van der Waals surface area contributed by atoms with E-state index in [0.29, 0.717) is 5.95 Å². The number of benzene rings is 9. The molecule has 9 aromatic carbocycles. The maximum atomic E-state index is 7.12. The van der Waals surface area contributed by atoms with Crippen molar-refractivity contribution in [2.24, 2.45) is 0 Å². The molecule has 3 heterocycles. The molecule has 12 aromatic rings. The third-order valence-electron chi connectivity index (χ3n) is 11.2. The fourth-order valence-electron chi connectivity index (χ4n) is 8.84. The summed E-state index contributed by atoms with van der Waals surface area (Å²) in [6.07, 6.45) is 0. The van der Waals surface area contributed by atoms with Crippen LogP contribution >= 0.6 is 0 Å². The Morgan fingerprint density at radius 1 is 0.352 bits per heavy atom. The number of para-hydroxylation sites is 1. The van der Waals surface area contributed by atoms with Crippen molar-refractivity contribution in [1.29, 1.82) is 0 Å². The molecule has 0 radical (unpaired) electrons. The van der Waals surface area contributed by atoms with Gasteiger partial charge >= 0.3 is 0 Å². The van der Waals surface area contributed by atoms with E-state index in [2.05, 4.69) is 168 Å². The Balaban J connectivity index is 1.25. The van der Waals surface area contributed by atoms with Gasteiger partial charge in [0.25, 0.3) is 0 Å². The number of rotatable bonds is 3. The second kappa shape index (κ2) is 11.1. The molecular formula is C50H29N3O. The van der Waals surface area contributed by atoms with E-state index in [1.807, 2.05) is 12.1 Å². The Labute approximate surface area is 309 Å². The summed E-state index contributed by atoms with van der Waals surface area (Å²) >= 11 is 0. The molecule has 0 fully saturated rings. The summed E-state index contributed by atoms with van der Waals surface area (Å²) in [5.74, 6) is 0.626. The first-order chi connectivity index (χ1) is 26.8. The van der Waals surface area contributed by atoms with Crippen molar-refractivity contribution in [2.75, 3.05) is 0 Å². The van der Waals surface area contributed by atoms with Crippen LogP contribution in [0.5, 0.6) is 0 Å². The van der Waals surface area contributed by atoms with Crippen LogP contribution < -0.4 is 0 Å². The van der Waals surface area contributed by atoms with Crippen LogP contribution in [0.4, 0.5) is 0 Å². The first kappa shape index (κ1) is 29.3. The fraction of sp³-hybridized carbons (Fsp3) is 0. The Morgan fingerprint density at radius 2 is 0.833 bits per heavy atom. The number of hydrogen-bond donors (Lipinski definition) is 0. The first-order valence-corrected chi connectivity index (χ1v) is 18.3. The van der Waals surface area contributed by atoms with Gasteiger partial charge in [0.15, 0.2) is 0 Å². The van der Waals surface area contributed by atoms with Crippen molar-refractivity contribution in [2.45, 2.75) is 0 Å². The van der Waals surface area contributed by atoms with Gasteiger partial charge in [-0.05, 0) is 56.6 Å². The van der Waals surface area contributed by atoms with Crippen LogP contribution in [0.15, 0.2) is 180 Å². The second-order valence-corrected chi connectivity index (χ2v) is 14.1. The third-order valence-corrected chi connectivity index (χ3v) is 11.2. The number of nitrogens with zero attached hydrogens (tertiary/aromatic N) is 3. The monoisotopic (exact) mass is 687 g/mol. The summed E-state index contributed by atoms with van der Waals surface area (Å²) in [5, 5.41) is 14.1. The van der Waals surface area contributed by atoms with Gasteiger partial charge in [-0.25, -0.2) is 9.97 Å². The summed E-state index contributed by atoms with van der Waals surface area (Å²) in [6.45, 7) is 0. The predicted octanol–water partition coefficient (Wildman–Crippen LogP) is 13.4. The molecular weight excluding hydrogens is 659 g/mol. The summed E-state index contributed by atoms with van der Waals surface area (Å²) in [6, 6.07) is 62.2. The second-order valence-electron chi connectivity index (χ2n) is 14.1. The lowest BCUT2D eigenvalue weighted by Gasteiger charge is -2.14. The van der Waals surface area contributed by atoms with E-state index in [9.17, 15) is 0 Å². The molecule has 4 nitrogen and oxygen atoms in total. The molecule has 0 N–H and O–H groups in total. The standard InChI is InChI=1S/C50H29N3O/c1-3-15-30(16-4-1)41-29-42(31-17-5-2-6-18-31)52-50(51-41)53-43-26-14-13-21-34(43)39-28-45-40(27-44(39)53)47-38-25-12-11-24-37(38)46-35-22-9-7-19-32(35)33-20-8-10-23-36(33)48(46)49(47)54-45/h1-29H. The molecule has 0 spiro atoms. The van der Waals surface area contributed by atoms with Crippen molar-refractivity contribution in [1.82, 2.24) is 14.5 Å². The highest BCUT2D eigenvalue weighted by atomic mass is 16.3.